The number of ether oxygens (including phenoxy) is 1. The van der Waals surface area contributed by atoms with E-state index in [4.69, 9.17) is 16.3 Å². The zero-order chi connectivity index (χ0) is 30.1. The Morgan fingerprint density at radius 3 is 2.31 bits per heavy atom. The van der Waals surface area contributed by atoms with E-state index in [2.05, 4.69) is 5.32 Å². The summed E-state index contributed by atoms with van der Waals surface area (Å²) in [5.41, 5.74) is 1.87. The Bertz CT molecular complexity index is 1460. The minimum Gasteiger partial charge on any atom is -0.492 e. The van der Waals surface area contributed by atoms with Crippen molar-refractivity contribution in [3.63, 3.8) is 0 Å². The van der Waals surface area contributed by atoms with Crippen LogP contribution in [0.4, 0.5) is 5.69 Å². The molecule has 10 heteroatoms. The van der Waals surface area contributed by atoms with E-state index < -0.39 is 28.5 Å². The maximum Gasteiger partial charge on any atom is 0.244 e. The van der Waals surface area contributed by atoms with Gasteiger partial charge in [0, 0.05) is 24.0 Å². The lowest BCUT2D eigenvalue weighted by Crippen LogP contribution is -2.54. The van der Waals surface area contributed by atoms with Gasteiger partial charge in [-0.2, -0.15) is 0 Å². The Morgan fingerprint density at radius 2 is 1.64 bits per heavy atom. The number of anilines is 1. The Morgan fingerprint density at radius 1 is 0.976 bits per heavy atom. The van der Waals surface area contributed by atoms with Gasteiger partial charge in [-0.05, 0) is 55.2 Å². The largest absolute Gasteiger partial charge is 0.492 e. The van der Waals surface area contributed by atoms with Crippen LogP contribution in [0.5, 0.6) is 5.75 Å². The molecule has 1 aliphatic carbocycles. The van der Waals surface area contributed by atoms with E-state index in [9.17, 15) is 18.0 Å². The summed E-state index contributed by atoms with van der Waals surface area (Å²) in [6.45, 7) is 1.69. The van der Waals surface area contributed by atoms with Crippen molar-refractivity contribution in [1.82, 2.24) is 10.2 Å². The Labute approximate surface area is 253 Å². The summed E-state index contributed by atoms with van der Waals surface area (Å²) in [5.74, 6) is -0.435. The van der Waals surface area contributed by atoms with E-state index in [1.807, 2.05) is 36.4 Å². The summed E-state index contributed by atoms with van der Waals surface area (Å²) >= 11 is 6.28. The molecule has 0 aliphatic heterocycles. The minimum atomic E-state index is -3.91. The van der Waals surface area contributed by atoms with E-state index in [1.54, 1.807) is 49.4 Å². The van der Waals surface area contributed by atoms with Gasteiger partial charge >= 0.3 is 0 Å². The third-order valence-corrected chi connectivity index (χ3v) is 8.69. The first-order chi connectivity index (χ1) is 20.2. The molecule has 1 atom stereocenters. The van der Waals surface area contributed by atoms with Gasteiger partial charge in [0.05, 0.1) is 18.6 Å². The monoisotopic (exact) mass is 611 g/mol. The number of halogens is 1. The molecular weight excluding hydrogens is 574 g/mol. The highest BCUT2D eigenvalue weighted by molar-refractivity contribution is 7.92. The molecule has 0 aromatic heterocycles. The molecule has 0 bridgehead atoms. The first-order valence-corrected chi connectivity index (χ1v) is 16.5. The highest BCUT2D eigenvalue weighted by atomic mass is 35.5. The number of amides is 2. The number of hydrogen-bond donors (Lipinski definition) is 1. The fraction of sp³-hybridized carbons (Fsp3) is 0.375. The van der Waals surface area contributed by atoms with Crippen molar-refractivity contribution in [2.24, 2.45) is 0 Å². The molecule has 0 radical (unpaired) electrons. The second-order valence-electron chi connectivity index (χ2n) is 10.5. The Balaban J connectivity index is 1.74. The van der Waals surface area contributed by atoms with Crippen molar-refractivity contribution in [3.8, 4) is 5.75 Å². The van der Waals surface area contributed by atoms with E-state index in [0.717, 1.165) is 47.4 Å². The topological polar surface area (TPSA) is 96.0 Å². The summed E-state index contributed by atoms with van der Waals surface area (Å²) in [7, 11) is -3.91. The van der Waals surface area contributed by atoms with Crippen LogP contribution in [-0.4, -0.2) is 56.6 Å². The van der Waals surface area contributed by atoms with Crippen LogP contribution in [0.15, 0.2) is 78.9 Å². The van der Waals surface area contributed by atoms with Crippen molar-refractivity contribution in [2.75, 3.05) is 23.7 Å². The van der Waals surface area contributed by atoms with Crippen molar-refractivity contribution < 1.29 is 22.7 Å². The van der Waals surface area contributed by atoms with Gasteiger partial charge in [0.15, 0.2) is 0 Å². The molecule has 1 N–H and O–H groups in total. The molecule has 3 aromatic rings. The molecule has 1 saturated carbocycles. The van der Waals surface area contributed by atoms with Crippen molar-refractivity contribution in [3.05, 3.63) is 95.0 Å². The summed E-state index contributed by atoms with van der Waals surface area (Å²) in [6.07, 6.45) is 5.19. The second kappa shape index (κ2) is 14.6. The number of para-hydroxylation sites is 2. The normalized spacial score (nSPS) is 14.3. The number of hydrogen-bond acceptors (Lipinski definition) is 5. The number of nitrogens with one attached hydrogen (secondary N) is 1. The van der Waals surface area contributed by atoms with E-state index in [0.29, 0.717) is 17.4 Å². The lowest BCUT2D eigenvalue weighted by molar-refractivity contribution is -0.140. The molecule has 42 heavy (non-hydrogen) atoms. The van der Waals surface area contributed by atoms with Gasteiger partial charge in [0.25, 0.3) is 0 Å². The predicted octanol–water partition coefficient (Wildman–Crippen LogP) is 5.20. The third kappa shape index (κ3) is 8.49. The average Bonchev–Trinajstić information content (AvgIpc) is 3.47. The van der Waals surface area contributed by atoms with E-state index >= 15 is 0 Å². The Kier molecular flexibility index (Phi) is 10.9. The minimum absolute atomic E-state index is 0.0458. The molecular formula is C32H38ClN3O5S. The fourth-order valence-electron chi connectivity index (χ4n) is 5.29. The molecule has 0 saturated heterocycles. The standard InChI is InChI=1S/C32H38ClN3O5S/c1-3-41-30-19-10-9-18-28(30)36(42(2,39)40)23-31(37)35(22-25-14-11-15-26(33)20-25)29(21-24-12-5-4-6-13-24)32(38)34-27-16-7-8-17-27/h4-6,9-15,18-20,27,29H,3,7-8,16-17,21-23H2,1-2H3,(H,34,38)/t29-/m0/s1. The molecule has 0 spiro atoms. The molecule has 3 aromatic carbocycles. The molecule has 1 fully saturated rings. The number of nitrogens with zero attached hydrogens (tertiary/aromatic N) is 2. The summed E-state index contributed by atoms with van der Waals surface area (Å²) in [5, 5.41) is 3.66. The number of sulfonamides is 1. The molecule has 224 valence electrons. The summed E-state index contributed by atoms with van der Waals surface area (Å²) < 4.78 is 32.9. The van der Waals surface area contributed by atoms with E-state index in [-0.39, 0.29) is 30.6 Å². The lowest BCUT2D eigenvalue weighted by Gasteiger charge is -2.34. The lowest BCUT2D eigenvalue weighted by atomic mass is 10.0. The number of carbonyl (C=O) groups is 2. The maximum absolute atomic E-state index is 14.3. The van der Waals surface area contributed by atoms with Crippen LogP contribution >= 0.6 is 11.6 Å². The highest BCUT2D eigenvalue weighted by Crippen LogP contribution is 2.30. The zero-order valence-electron chi connectivity index (χ0n) is 24.0. The predicted molar refractivity (Wildman–Crippen MR) is 166 cm³/mol. The zero-order valence-corrected chi connectivity index (χ0v) is 25.6. The second-order valence-corrected chi connectivity index (χ2v) is 12.9. The van der Waals surface area contributed by atoms with Gasteiger partial charge in [-0.3, -0.25) is 13.9 Å². The van der Waals surface area contributed by atoms with E-state index in [1.165, 1.54) is 4.90 Å². The average molecular weight is 612 g/mol. The highest BCUT2D eigenvalue weighted by Gasteiger charge is 2.34. The van der Waals surface area contributed by atoms with Gasteiger partial charge in [0.2, 0.25) is 21.8 Å². The summed E-state index contributed by atoms with van der Waals surface area (Å²) in [6, 6.07) is 22.5. The molecule has 8 nitrogen and oxygen atoms in total. The molecule has 0 heterocycles. The molecule has 1 aliphatic rings. The van der Waals surface area contributed by atoms with Gasteiger partial charge in [-0.1, -0.05) is 79.0 Å². The molecule has 2 amide bonds. The Hall–Kier alpha value is -3.56. The van der Waals surface area contributed by atoms with Crippen LogP contribution in [0.3, 0.4) is 0 Å². The van der Waals surface area contributed by atoms with Crippen LogP contribution in [0.2, 0.25) is 5.02 Å². The van der Waals surface area contributed by atoms with Crippen molar-refractivity contribution >= 4 is 39.1 Å². The van der Waals surface area contributed by atoms with Crippen LogP contribution in [0.1, 0.15) is 43.7 Å². The van der Waals surface area contributed by atoms with Crippen LogP contribution in [0, 0.1) is 0 Å². The van der Waals surface area contributed by atoms with Crippen LogP contribution in [-0.2, 0) is 32.6 Å². The first-order valence-electron chi connectivity index (χ1n) is 14.2. The van der Waals surface area contributed by atoms with Gasteiger partial charge < -0.3 is 15.0 Å². The third-order valence-electron chi connectivity index (χ3n) is 7.33. The van der Waals surface area contributed by atoms with Gasteiger partial charge in [0.1, 0.15) is 18.3 Å². The van der Waals surface area contributed by atoms with Crippen molar-refractivity contribution in [1.29, 1.82) is 0 Å². The molecule has 0 unspecified atom stereocenters. The van der Waals surface area contributed by atoms with Crippen LogP contribution < -0.4 is 14.4 Å². The quantitative estimate of drug-likeness (QED) is 0.286. The smallest absolute Gasteiger partial charge is 0.244 e. The maximum atomic E-state index is 14.3. The number of benzene rings is 3. The number of rotatable bonds is 13. The van der Waals surface area contributed by atoms with Crippen molar-refractivity contribution in [2.45, 2.75) is 57.7 Å². The van der Waals surface area contributed by atoms with Gasteiger partial charge in [-0.15, -0.1) is 0 Å². The molecule has 4 rings (SSSR count). The number of carbonyl (C=O) groups excluding carboxylic acids is 2. The SMILES string of the molecule is CCOc1ccccc1N(CC(=O)N(Cc1cccc(Cl)c1)[C@@H](Cc1ccccc1)C(=O)NC1CCCC1)S(C)(=O)=O. The fourth-order valence-corrected chi connectivity index (χ4v) is 6.35. The first kappa shape index (κ1) is 31.4. The van der Waals surface area contributed by atoms with Gasteiger partial charge in [-0.25, -0.2) is 8.42 Å². The van der Waals surface area contributed by atoms with Crippen LogP contribution in [0.25, 0.3) is 0 Å². The summed E-state index contributed by atoms with van der Waals surface area (Å²) in [4.78, 5) is 29.7.